The van der Waals surface area contributed by atoms with Crippen LogP contribution in [0.2, 0.25) is 0 Å². The third-order valence-electron chi connectivity index (χ3n) is 8.81. The van der Waals surface area contributed by atoms with Crippen LogP contribution in [0, 0.1) is 11.3 Å². The highest BCUT2D eigenvalue weighted by Crippen LogP contribution is 2.37. The first kappa shape index (κ1) is 24.3. The highest BCUT2D eigenvalue weighted by molar-refractivity contribution is 5.86. The molecule has 0 saturated carbocycles. The molecule has 0 amide bonds. The molecular formula is C29H30N10O2. The van der Waals surface area contributed by atoms with Crippen molar-refractivity contribution in [3.05, 3.63) is 54.2 Å². The number of piperazine rings is 2. The number of pyridine rings is 2. The van der Waals surface area contributed by atoms with E-state index in [1.165, 1.54) is 6.42 Å². The lowest BCUT2D eigenvalue weighted by Crippen LogP contribution is -2.68. The van der Waals surface area contributed by atoms with E-state index in [0.29, 0.717) is 23.5 Å². The van der Waals surface area contributed by atoms with Gasteiger partial charge in [0.15, 0.2) is 5.75 Å². The molecule has 9 heterocycles. The van der Waals surface area contributed by atoms with Gasteiger partial charge in [-0.1, -0.05) is 0 Å². The fraction of sp³-hybridized carbons (Fsp3) is 0.414. The van der Waals surface area contributed by atoms with E-state index >= 15 is 0 Å². The number of hydrogen-bond acceptors (Lipinski definition) is 11. The third kappa shape index (κ3) is 4.20. The van der Waals surface area contributed by atoms with Crippen LogP contribution in [0.25, 0.3) is 16.6 Å². The van der Waals surface area contributed by atoms with Crippen molar-refractivity contribution in [1.29, 1.82) is 5.26 Å². The number of nitriles is 1. The molecule has 12 nitrogen and oxygen atoms in total. The first-order chi connectivity index (χ1) is 20.1. The summed E-state index contributed by atoms with van der Waals surface area (Å²) in [5, 5.41) is 14.3. The Morgan fingerprint density at radius 1 is 0.951 bits per heavy atom. The maximum Gasteiger partial charge on any atom is 0.260 e. The van der Waals surface area contributed by atoms with Gasteiger partial charge in [-0.15, -0.1) is 0 Å². The van der Waals surface area contributed by atoms with Gasteiger partial charge in [0.1, 0.15) is 6.07 Å². The molecule has 9 rings (SSSR count). The molecular weight excluding hydrogens is 520 g/mol. The van der Waals surface area contributed by atoms with Gasteiger partial charge < -0.3 is 24.2 Å². The summed E-state index contributed by atoms with van der Waals surface area (Å²) in [4.78, 5) is 23.5. The molecule has 4 fully saturated rings. The summed E-state index contributed by atoms with van der Waals surface area (Å²) in [6.07, 6.45) is 10.5. The summed E-state index contributed by atoms with van der Waals surface area (Å²) < 4.78 is 12.7. The van der Waals surface area contributed by atoms with Crippen LogP contribution in [-0.4, -0.2) is 99.6 Å². The van der Waals surface area contributed by atoms with Crippen LogP contribution in [0.5, 0.6) is 11.6 Å². The Labute approximate surface area is 237 Å². The minimum atomic E-state index is 0.239. The van der Waals surface area contributed by atoms with E-state index < -0.39 is 0 Å². The first-order valence-electron chi connectivity index (χ1n) is 14.1. The Morgan fingerprint density at radius 3 is 2.54 bits per heavy atom. The molecule has 4 aromatic heterocycles. The standard InChI is InChI=1S/C29H30N10O2/c1-35-2-4-36(5-3-35)22-8-25(27-20(9-30)13-34-39(27)17-22)21-11-32-29(33-12-21)37-15-23-7-24(16-37)38(23)14-19-6-26-28(31-10-19)41-18-40-26/h6,8,10-13,17,23-24H,2-5,7,14-16,18H2,1H3. The minimum Gasteiger partial charge on any atom is -0.452 e. The van der Waals surface area contributed by atoms with Crippen molar-refractivity contribution in [2.24, 2.45) is 0 Å². The number of aromatic nitrogens is 5. The van der Waals surface area contributed by atoms with Crippen molar-refractivity contribution in [3.63, 3.8) is 0 Å². The van der Waals surface area contributed by atoms with Gasteiger partial charge in [0.05, 0.1) is 29.2 Å². The van der Waals surface area contributed by atoms with E-state index in [4.69, 9.17) is 19.4 Å². The average molecular weight is 551 g/mol. The highest BCUT2D eigenvalue weighted by atomic mass is 16.7. The molecule has 0 aliphatic carbocycles. The molecule has 0 N–H and O–H groups in total. The molecule has 2 bridgehead atoms. The predicted molar refractivity (Wildman–Crippen MR) is 151 cm³/mol. The number of nitrogens with zero attached hydrogens (tertiary/aromatic N) is 10. The minimum absolute atomic E-state index is 0.239. The topological polar surface area (TPSA) is 111 Å². The van der Waals surface area contributed by atoms with E-state index in [9.17, 15) is 5.26 Å². The number of piperidine rings is 1. The molecule has 41 heavy (non-hydrogen) atoms. The Morgan fingerprint density at radius 2 is 1.76 bits per heavy atom. The summed E-state index contributed by atoms with van der Waals surface area (Å²) >= 11 is 0. The molecule has 5 aliphatic heterocycles. The Bertz CT molecular complexity index is 1640. The summed E-state index contributed by atoms with van der Waals surface area (Å²) in [5.41, 5.74) is 5.36. The van der Waals surface area contributed by atoms with E-state index in [-0.39, 0.29) is 6.79 Å². The van der Waals surface area contributed by atoms with Crippen molar-refractivity contribution < 1.29 is 9.47 Å². The van der Waals surface area contributed by atoms with Crippen molar-refractivity contribution in [1.82, 2.24) is 34.4 Å². The Kier molecular flexibility index (Phi) is 5.68. The van der Waals surface area contributed by atoms with Crippen molar-refractivity contribution in [2.45, 2.75) is 25.0 Å². The predicted octanol–water partition coefficient (Wildman–Crippen LogP) is 2.00. The summed E-state index contributed by atoms with van der Waals surface area (Å²) in [6, 6.07) is 7.39. The van der Waals surface area contributed by atoms with Crippen molar-refractivity contribution in [3.8, 4) is 28.8 Å². The first-order valence-corrected chi connectivity index (χ1v) is 14.1. The number of hydrogen-bond donors (Lipinski definition) is 0. The molecule has 4 aromatic rings. The third-order valence-corrected chi connectivity index (χ3v) is 8.81. The maximum absolute atomic E-state index is 9.77. The smallest absolute Gasteiger partial charge is 0.260 e. The zero-order valence-electron chi connectivity index (χ0n) is 22.8. The van der Waals surface area contributed by atoms with Gasteiger partial charge in [0.25, 0.3) is 5.88 Å². The molecule has 0 aromatic carbocycles. The molecule has 2 atom stereocenters. The fourth-order valence-electron chi connectivity index (χ4n) is 6.51. The molecule has 208 valence electrons. The normalized spacial score (nSPS) is 22.1. The van der Waals surface area contributed by atoms with E-state index in [2.05, 4.69) is 48.9 Å². The second kappa shape index (κ2) is 9.57. The molecule has 12 heteroatoms. The summed E-state index contributed by atoms with van der Waals surface area (Å²) in [7, 11) is 2.15. The lowest BCUT2D eigenvalue weighted by atomic mass is 9.87. The van der Waals surface area contributed by atoms with Crippen LogP contribution in [0.15, 0.2) is 43.1 Å². The van der Waals surface area contributed by atoms with Crippen LogP contribution in [-0.2, 0) is 6.54 Å². The monoisotopic (exact) mass is 550 g/mol. The number of likely N-dealkylation sites (N-methyl/N-ethyl adjacent to an activating group) is 1. The SMILES string of the molecule is CN1CCN(c2cc(-c3cnc(N4CC5CC(C4)N5Cc4cnc5c(c4)OCO5)nc3)c3c(C#N)cnn3c2)CC1. The van der Waals surface area contributed by atoms with Crippen LogP contribution in [0.4, 0.5) is 11.6 Å². The van der Waals surface area contributed by atoms with E-state index in [1.807, 2.05) is 35.4 Å². The molecule has 4 saturated heterocycles. The van der Waals surface area contributed by atoms with Gasteiger partial charge in [-0.05, 0) is 31.2 Å². The van der Waals surface area contributed by atoms with Crippen LogP contribution < -0.4 is 19.3 Å². The van der Waals surface area contributed by atoms with E-state index in [1.54, 1.807) is 6.20 Å². The van der Waals surface area contributed by atoms with Gasteiger partial charge >= 0.3 is 0 Å². The summed E-state index contributed by atoms with van der Waals surface area (Å²) in [6.45, 7) is 6.77. The van der Waals surface area contributed by atoms with E-state index in [0.717, 1.165) is 85.4 Å². The van der Waals surface area contributed by atoms with Gasteiger partial charge in [-0.25, -0.2) is 19.5 Å². The molecule has 0 radical (unpaired) electrons. The second-order valence-electron chi connectivity index (χ2n) is 11.3. The fourth-order valence-corrected chi connectivity index (χ4v) is 6.51. The molecule has 2 unspecified atom stereocenters. The lowest BCUT2D eigenvalue weighted by Gasteiger charge is -2.56. The van der Waals surface area contributed by atoms with Crippen molar-refractivity contribution >= 4 is 17.2 Å². The zero-order valence-corrected chi connectivity index (χ0v) is 22.8. The maximum atomic E-state index is 9.77. The largest absolute Gasteiger partial charge is 0.452 e. The van der Waals surface area contributed by atoms with Crippen LogP contribution in [0.1, 0.15) is 17.5 Å². The van der Waals surface area contributed by atoms with Crippen LogP contribution >= 0.6 is 0 Å². The van der Waals surface area contributed by atoms with Crippen molar-refractivity contribution in [2.75, 3.05) is 62.9 Å². The van der Waals surface area contributed by atoms with Gasteiger partial charge in [0.2, 0.25) is 12.7 Å². The second-order valence-corrected chi connectivity index (χ2v) is 11.3. The number of rotatable bonds is 5. The lowest BCUT2D eigenvalue weighted by molar-refractivity contribution is -0.00906. The van der Waals surface area contributed by atoms with Crippen LogP contribution in [0.3, 0.4) is 0 Å². The zero-order chi connectivity index (χ0) is 27.5. The Hall–Kier alpha value is -4.47. The van der Waals surface area contributed by atoms with Gasteiger partial charge in [-0.2, -0.15) is 10.4 Å². The number of ether oxygens (including phenoxy) is 2. The average Bonchev–Trinajstić information content (AvgIpc) is 3.66. The summed E-state index contributed by atoms with van der Waals surface area (Å²) in [5.74, 6) is 2.05. The number of fused-ring (bicyclic) bond motifs is 4. The number of anilines is 2. The molecule has 0 spiro atoms. The quantitative estimate of drug-likeness (QED) is 0.364. The highest BCUT2D eigenvalue weighted by Gasteiger charge is 2.45. The Balaban J connectivity index is 1.01. The van der Waals surface area contributed by atoms with Gasteiger partial charge in [-0.3, -0.25) is 4.90 Å². The molecule has 5 aliphatic rings. The van der Waals surface area contributed by atoms with Gasteiger partial charge in [0, 0.05) is 87.6 Å².